The summed E-state index contributed by atoms with van der Waals surface area (Å²) in [6, 6.07) is 48.8. The molecule has 459 valence electrons. The monoisotopic (exact) mass is 1170 g/mol. The van der Waals surface area contributed by atoms with E-state index in [1.807, 2.05) is 78.1 Å². The molecule has 0 aliphatic heterocycles. The second-order valence-corrected chi connectivity index (χ2v) is 21.2. The van der Waals surface area contributed by atoms with Gasteiger partial charge in [0.05, 0.1) is 0 Å². The first-order valence-corrected chi connectivity index (χ1v) is 28.8. The van der Waals surface area contributed by atoms with Crippen molar-refractivity contribution in [1.82, 2.24) is 5.32 Å². The van der Waals surface area contributed by atoms with Crippen LogP contribution in [0.1, 0.15) is 103 Å². The second-order valence-electron chi connectivity index (χ2n) is 21.2. The third-order valence-corrected chi connectivity index (χ3v) is 13.6. The van der Waals surface area contributed by atoms with E-state index in [0.29, 0.717) is 65.0 Å². The number of carbonyl (C=O) groups excluding carboxylic acids is 1. The Hall–Kier alpha value is -8.19. The Labute approximate surface area is 518 Å². The number of aryl methyl sites for hydroxylation is 13. The van der Waals surface area contributed by atoms with Gasteiger partial charge in [-0.05, 0) is 229 Å². The Morgan fingerprint density at radius 3 is 0.814 bits per heavy atom. The van der Waals surface area contributed by atoms with E-state index in [4.69, 9.17) is 43.6 Å². The summed E-state index contributed by atoms with van der Waals surface area (Å²) in [5.74, 6) is 7.15. The van der Waals surface area contributed by atoms with Crippen molar-refractivity contribution in [3.05, 3.63) is 235 Å². The summed E-state index contributed by atoms with van der Waals surface area (Å²) >= 11 is 0. The van der Waals surface area contributed by atoms with Crippen LogP contribution in [0, 0.1) is 90.0 Å². The predicted octanol–water partition coefficient (Wildman–Crippen LogP) is 16.1. The number of rotatable bonds is 24. The van der Waals surface area contributed by atoms with Crippen LogP contribution in [0.4, 0.5) is 0 Å². The largest absolute Gasteiger partial charge is 0.490 e. The lowest BCUT2D eigenvalue weighted by atomic mass is 10.1. The molecule has 8 aromatic rings. The molecule has 8 rings (SSSR count). The van der Waals surface area contributed by atoms with Crippen molar-refractivity contribution in [3.8, 4) is 46.0 Å². The summed E-state index contributed by atoms with van der Waals surface area (Å²) in [6.45, 7) is 32.1. The summed E-state index contributed by atoms with van der Waals surface area (Å²) in [5, 5.41) is 3.15. The van der Waals surface area contributed by atoms with Crippen LogP contribution >= 0.6 is 0 Å². The molecule has 3 N–H and O–H groups in total. The highest BCUT2D eigenvalue weighted by Gasteiger charge is 2.08. The Morgan fingerprint density at radius 2 is 0.558 bits per heavy atom. The van der Waals surface area contributed by atoms with Gasteiger partial charge in [-0.15, -0.1) is 0 Å². The smallest absolute Gasteiger partial charge is 0.150 e. The van der Waals surface area contributed by atoms with Gasteiger partial charge in [-0.1, -0.05) is 104 Å². The van der Waals surface area contributed by atoms with Crippen molar-refractivity contribution in [2.75, 3.05) is 59.9 Å². The normalized spacial score (nSPS) is 10.2. The molecule has 86 heavy (non-hydrogen) atoms. The zero-order valence-corrected chi connectivity index (χ0v) is 52.8. The molecule has 0 unspecified atom stereocenters. The van der Waals surface area contributed by atoms with Crippen molar-refractivity contribution in [2.24, 2.45) is 5.73 Å². The number of aldehydes is 1. The first-order chi connectivity index (χ1) is 40.3. The molecule has 0 aliphatic rings. The zero-order valence-electron chi connectivity index (χ0n) is 52.8. The van der Waals surface area contributed by atoms with Gasteiger partial charge < -0.3 is 48.9 Å². The van der Waals surface area contributed by atoms with Crippen LogP contribution in [-0.2, 0) is 13.1 Å². The number of nitrogens with one attached hydrogen (secondary N) is 1. The standard InChI is InChI=1S/C19H25NO2.C18H23NO2.C18H20O3.C18H22O2.CH4.B.H2/c1-14-5-6-15(2)18(11-14)21-9-10-22-19-12-17(13-20-4)8-7-16(19)3;2*1-13-4-5-14(2)17(10-13)20-8-9-21-18-11-16(12-19)7-6-15(18)3;1-13-5-7-15(3)17(11-13)19-9-10-20-18-12-14(2)6-8-16(18)4;;;/h5-8,11-12,20H,9-10,13H2,1-4H3;4-7,10-11H,8-9,12,19H2,1-3H3;4-7,10-12H,8-9H2,1-3H3;5-8,11-12H,9-10H2,1-4H3;1H4;;1H/i;;;;;;1+1. The molecule has 0 atom stereocenters. The van der Waals surface area contributed by atoms with Gasteiger partial charge in [0, 0.05) is 28.5 Å². The second kappa shape index (κ2) is 38.0. The molecular formula is C74H96BN2O9. The van der Waals surface area contributed by atoms with E-state index in [-0.39, 0.29) is 17.3 Å². The Kier molecular flexibility index (Phi) is 31.8. The Balaban J connectivity index is 0.000000391. The summed E-state index contributed by atoms with van der Waals surface area (Å²) in [6.07, 6.45) is 0.818. The lowest BCUT2D eigenvalue weighted by Gasteiger charge is -2.13. The maximum absolute atomic E-state index is 10.8. The van der Waals surface area contributed by atoms with Crippen LogP contribution in [0.2, 0.25) is 0 Å². The summed E-state index contributed by atoms with van der Waals surface area (Å²) in [4.78, 5) is 10.8. The highest BCUT2D eigenvalue weighted by Crippen LogP contribution is 2.26. The van der Waals surface area contributed by atoms with Gasteiger partial charge in [-0.2, -0.15) is 0 Å². The van der Waals surface area contributed by atoms with Crippen LogP contribution in [0.25, 0.3) is 0 Å². The lowest BCUT2D eigenvalue weighted by Crippen LogP contribution is -2.11. The Bertz CT molecular complexity index is 3300. The minimum absolute atomic E-state index is 0. The minimum Gasteiger partial charge on any atom is -0.490 e. The molecule has 12 heteroatoms. The average Bonchev–Trinajstić information content (AvgIpc) is 3.68. The van der Waals surface area contributed by atoms with Crippen LogP contribution in [-0.4, -0.2) is 74.6 Å². The predicted molar refractivity (Wildman–Crippen MR) is 358 cm³/mol. The van der Waals surface area contributed by atoms with Crippen LogP contribution in [0.15, 0.2) is 146 Å². The van der Waals surface area contributed by atoms with Crippen LogP contribution in [0.3, 0.4) is 0 Å². The van der Waals surface area contributed by atoms with E-state index in [9.17, 15) is 4.79 Å². The first-order valence-electron chi connectivity index (χ1n) is 28.8. The Morgan fingerprint density at radius 1 is 0.337 bits per heavy atom. The van der Waals surface area contributed by atoms with Crippen molar-refractivity contribution in [1.29, 1.82) is 0 Å². The van der Waals surface area contributed by atoms with Crippen molar-refractivity contribution >= 4 is 14.7 Å². The number of hydrogen-bond acceptors (Lipinski definition) is 11. The number of benzene rings is 8. The summed E-state index contributed by atoms with van der Waals surface area (Å²) in [7, 11) is 1.94. The fraction of sp³-hybridized carbons (Fsp3) is 0.338. The molecule has 0 saturated carbocycles. The third-order valence-electron chi connectivity index (χ3n) is 13.6. The van der Waals surface area contributed by atoms with Crippen molar-refractivity contribution < 1.29 is 44.1 Å². The molecule has 0 heterocycles. The number of carbonyl (C=O) groups is 1. The van der Waals surface area contributed by atoms with E-state index < -0.39 is 0 Å². The van der Waals surface area contributed by atoms with Crippen LogP contribution in [0.5, 0.6) is 46.0 Å². The number of hydrogen-bond donors (Lipinski definition) is 2. The van der Waals surface area contributed by atoms with Crippen LogP contribution < -0.4 is 48.9 Å². The van der Waals surface area contributed by atoms with Gasteiger partial charge in [0.25, 0.3) is 0 Å². The van der Waals surface area contributed by atoms with Gasteiger partial charge in [-0.3, -0.25) is 4.79 Å². The minimum atomic E-state index is 0. The molecule has 0 saturated heterocycles. The molecule has 0 amide bonds. The van der Waals surface area contributed by atoms with Gasteiger partial charge in [0.2, 0.25) is 0 Å². The molecule has 3 radical (unpaired) electrons. The molecule has 0 aliphatic carbocycles. The molecule has 0 bridgehead atoms. The van der Waals surface area contributed by atoms with Crippen molar-refractivity contribution in [2.45, 2.75) is 111 Å². The van der Waals surface area contributed by atoms with E-state index in [0.717, 1.165) is 109 Å². The quantitative estimate of drug-likeness (QED) is 0.0341. The summed E-state index contributed by atoms with van der Waals surface area (Å²) < 4.78 is 46.3. The molecule has 8 aromatic carbocycles. The van der Waals surface area contributed by atoms with Gasteiger partial charge in [0.1, 0.15) is 105 Å². The maximum atomic E-state index is 10.8. The van der Waals surface area contributed by atoms with E-state index in [1.54, 1.807) is 12.1 Å². The number of nitrogens with two attached hydrogens (primary N) is 1. The first kappa shape index (κ1) is 72.1. The van der Waals surface area contributed by atoms with E-state index >= 15 is 0 Å². The lowest BCUT2D eigenvalue weighted by molar-refractivity contribution is 0.112. The highest BCUT2D eigenvalue weighted by atomic mass is 16.5. The molecule has 0 spiro atoms. The number of ether oxygens (including phenoxy) is 8. The third kappa shape index (κ3) is 24.8. The molecule has 11 nitrogen and oxygen atoms in total. The average molecular weight is 1170 g/mol. The van der Waals surface area contributed by atoms with Gasteiger partial charge >= 0.3 is 0 Å². The van der Waals surface area contributed by atoms with E-state index in [1.165, 1.54) is 33.4 Å². The fourth-order valence-electron chi connectivity index (χ4n) is 8.41. The van der Waals surface area contributed by atoms with E-state index in [2.05, 4.69) is 158 Å². The highest BCUT2D eigenvalue weighted by molar-refractivity contribution is 5.76. The molecule has 0 fully saturated rings. The topological polar surface area (TPSA) is 129 Å². The van der Waals surface area contributed by atoms with Gasteiger partial charge in [-0.25, -0.2) is 0 Å². The zero-order chi connectivity index (χ0) is 61.0. The fourth-order valence-corrected chi connectivity index (χ4v) is 8.41. The van der Waals surface area contributed by atoms with Crippen molar-refractivity contribution in [3.63, 3.8) is 0 Å². The summed E-state index contributed by atoms with van der Waals surface area (Å²) in [5.41, 5.74) is 23.5. The van der Waals surface area contributed by atoms with Gasteiger partial charge in [0.15, 0.2) is 0 Å². The SMILES string of the molecule is C.CNCc1ccc(C)c(OCCOc2cc(C)ccc2C)c1.Cc1ccc(C)c(OCCOc2cc(C)ccc2C)c1.Cc1ccc(C)c(OCCOc2cc(C=O)ccc2C)c1.Cc1ccc(C)c(OCCOc2cc(CN)ccc2C)c1.[2HH].[B]. The maximum Gasteiger partial charge on any atom is 0.150 e. The molecular weight excluding hydrogens is 1070 g/mol. The molecule has 0 aromatic heterocycles.